The molecule has 5 rings (SSSR count). The van der Waals surface area contributed by atoms with Crippen LogP contribution in [-0.2, 0) is 4.74 Å². The first-order valence-electron chi connectivity index (χ1n) is 14.4. The highest BCUT2D eigenvalue weighted by molar-refractivity contribution is 5.23. The van der Waals surface area contributed by atoms with Crippen molar-refractivity contribution in [2.75, 3.05) is 6.61 Å². The number of ether oxygens (including phenoxy) is 1. The van der Waals surface area contributed by atoms with Crippen LogP contribution in [0.5, 0.6) is 0 Å². The summed E-state index contributed by atoms with van der Waals surface area (Å²) in [5.41, 5.74) is -1.20. The van der Waals surface area contributed by atoms with Crippen LogP contribution in [0.2, 0.25) is 0 Å². The van der Waals surface area contributed by atoms with Crippen molar-refractivity contribution in [3.8, 4) is 0 Å². The van der Waals surface area contributed by atoms with Crippen molar-refractivity contribution < 1.29 is 20.1 Å². The van der Waals surface area contributed by atoms with Crippen molar-refractivity contribution in [2.24, 2.45) is 45.3 Å². The molecule has 11 unspecified atom stereocenters. The second kappa shape index (κ2) is 7.68. The van der Waals surface area contributed by atoms with Gasteiger partial charge in [0, 0.05) is 12.5 Å². The summed E-state index contributed by atoms with van der Waals surface area (Å²) in [6.45, 7) is 16.6. The minimum atomic E-state index is -1.00. The maximum absolute atomic E-state index is 12.2. The van der Waals surface area contributed by atoms with Gasteiger partial charge in [0.1, 0.15) is 0 Å². The average Bonchev–Trinajstić information content (AvgIpc) is 3.03. The van der Waals surface area contributed by atoms with Crippen LogP contribution in [0.1, 0.15) is 113 Å². The molecule has 5 aliphatic rings. The molecule has 0 aromatic heterocycles. The van der Waals surface area contributed by atoms with Crippen molar-refractivity contribution in [2.45, 2.75) is 136 Å². The zero-order chi connectivity index (χ0) is 24.9. The van der Waals surface area contributed by atoms with Crippen LogP contribution in [0.4, 0.5) is 0 Å². The van der Waals surface area contributed by atoms with E-state index < -0.39 is 17.3 Å². The van der Waals surface area contributed by atoms with Crippen molar-refractivity contribution in [1.29, 1.82) is 0 Å². The molecule has 5 aliphatic carbocycles. The summed E-state index contributed by atoms with van der Waals surface area (Å²) in [6.07, 6.45) is 9.79. The van der Waals surface area contributed by atoms with E-state index in [0.717, 1.165) is 32.1 Å². The number of hydrogen-bond donors (Lipinski definition) is 3. The van der Waals surface area contributed by atoms with Gasteiger partial charge in [0.2, 0.25) is 0 Å². The van der Waals surface area contributed by atoms with Gasteiger partial charge in [0.05, 0.1) is 23.4 Å². The maximum atomic E-state index is 12.2. The fourth-order valence-corrected chi connectivity index (χ4v) is 11.7. The molecule has 0 radical (unpaired) electrons. The van der Waals surface area contributed by atoms with E-state index in [1.165, 1.54) is 25.7 Å². The minimum absolute atomic E-state index is 0.0611. The second-order valence-corrected chi connectivity index (χ2v) is 14.8. The zero-order valence-corrected chi connectivity index (χ0v) is 23.0. The number of fused-ring (bicyclic) bond motifs is 7. The lowest BCUT2D eigenvalue weighted by molar-refractivity contribution is -0.276. The van der Waals surface area contributed by atoms with E-state index in [2.05, 4.69) is 27.7 Å². The van der Waals surface area contributed by atoms with E-state index in [1.54, 1.807) is 0 Å². The van der Waals surface area contributed by atoms with Crippen molar-refractivity contribution in [3.05, 3.63) is 0 Å². The summed E-state index contributed by atoms with van der Waals surface area (Å²) in [5.74, 6) is 1.65. The Bertz CT molecular complexity index is 812. The highest BCUT2D eigenvalue weighted by Gasteiger charge is 2.74. The molecule has 0 amide bonds. The van der Waals surface area contributed by atoms with Crippen LogP contribution >= 0.6 is 0 Å². The Balaban J connectivity index is 1.53. The Morgan fingerprint density at radius 2 is 1.47 bits per heavy atom. The Kier molecular flexibility index (Phi) is 5.76. The van der Waals surface area contributed by atoms with Crippen LogP contribution in [-0.4, -0.2) is 45.3 Å². The van der Waals surface area contributed by atoms with Gasteiger partial charge in [-0.15, -0.1) is 0 Å². The second-order valence-electron chi connectivity index (χ2n) is 14.8. The maximum Gasteiger partial charge on any atom is 0.0988 e. The van der Waals surface area contributed by atoms with E-state index in [4.69, 9.17) is 4.74 Å². The van der Waals surface area contributed by atoms with E-state index in [0.29, 0.717) is 36.2 Å². The molecule has 196 valence electrons. The molecule has 34 heavy (non-hydrogen) atoms. The predicted octanol–water partition coefficient (Wildman–Crippen LogP) is 5.71. The van der Waals surface area contributed by atoms with Crippen molar-refractivity contribution in [1.82, 2.24) is 0 Å². The molecule has 0 aliphatic heterocycles. The first-order valence-corrected chi connectivity index (χ1v) is 14.4. The fraction of sp³-hybridized carbons (Fsp3) is 1.00. The highest BCUT2D eigenvalue weighted by Crippen LogP contribution is 2.77. The molecule has 3 N–H and O–H groups in total. The third-order valence-electron chi connectivity index (χ3n) is 13.5. The molecular formula is C30H52O4. The molecular weight excluding hydrogens is 424 g/mol. The van der Waals surface area contributed by atoms with Gasteiger partial charge < -0.3 is 20.1 Å². The van der Waals surface area contributed by atoms with E-state index in [9.17, 15) is 15.3 Å². The lowest BCUT2D eigenvalue weighted by atomic mass is 9.32. The summed E-state index contributed by atoms with van der Waals surface area (Å²) in [7, 11) is 0. The van der Waals surface area contributed by atoms with Crippen LogP contribution in [0.15, 0.2) is 0 Å². The molecule has 4 heteroatoms. The van der Waals surface area contributed by atoms with Crippen LogP contribution in [0.25, 0.3) is 0 Å². The lowest BCUT2D eigenvalue weighted by Crippen LogP contribution is -2.69. The quantitative estimate of drug-likeness (QED) is 0.488. The summed E-state index contributed by atoms with van der Waals surface area (Å²) in [6, 6.07) is 0. The molecule has 0 aromatic rings. The standard InChI is InChI=1S/C30H52O4/c1-8-34-25(2,3)30(33)16-15-27(5)23-10-9-22-26(4)13-12-20(31)17-19(26)11-14-28(22,6)29(23,7)18-21(32)24(27)30/h19-24,31-33H,8-18H2,1-7H3. The number of aliphatic hydroxyl groups excluding tert-OH is 2. The van der Waals surface area contributed by atoms with Crippen LogP contribution < -0.4 is 0 Å². The third-order valence-corrected chi connectivity index (χ3v) is 13.5. The number of hydrogen-bond acceptors (Lipinski definition) is 4. The summed E-state index contributed by atoms with van der Waals surface area (Å²) in [5, 5.41) is 34.5. The van der Waals surface area contributed by atoms with Gasteiger partial charge >= 0.3 is 0 Å². The van der Waals surface area contributed by atoms with E-state index >= 15 is 0 Å². The van der Waals surface area contributed by atoms with E-state index in [-0.39, 0.29) is 28.3 Å². The summed E-state index contributed by atoms with van der Waals surface area (Å²) >= 11 is 0. The lowest BCUT2D eigenvalue weighted by Gasteiger charge is -2.72. The molecule has 5 saturated carbocycles. The Hall–Kier alpha value is -0.160. The average molecular weight is 477 g/mol. The Morgan fingerprint density at radius 3 is 2.12 bits per heavy atom. The first kappa shape index (κ1) is 25.5. The fourth-order valence-electron chi connectivity index (χ4n) is 11.7. The van der Waals surface area contributed by atoms with Crippen LogP contribution in [0, 0.1) is 45.3 Å². The predicted molar refractivity (Wildman–Crippen MR) is 135 cm³/mol. The Labute approximate surface area is 208 Å². The monoisotopic (exact) mass is 476 g/mol. The molecule has 5 fully saturated rings. The van der Waals surface area contributed by atoms with Gasteiger partial charge in [-0.3, -0.25) is 0 Å². The van der Waals surface area contributed by atoms with Crippen molar-refractivity contribution in [3.63, 3.8) is 0 Å². The van der Waals surface area contributed by atoms with Gasteiger partial charge in [-0.05, 0) is 124 Å². The van der Waals surface area contributed by atoms with Gasteiger partial charge in [0.25, 0.3) is 0 Å². The first-order chi connectivity index (χ1) is 15.7. The molecule has 0 spiro atoms. The van der Waals surface area contributed by atoms with Gasteiger partial charge in [-0.1, -0.05) is 27.7 Å². The normalized spacial score (nSPS) is 57.4. The van der Waals surface area contributed by atoms with Gasteiger partial charge in [0.15, 0.2) is 0 Å². The molecule has 0 saturated heterocycles. The summed E-state index contributed by atoms with van der Waals surface area (Å²) < 4.78 is 6.13. The smallest absolute Gasteiger partial charge is 0.0988 e. The molecule has 0 heterocycles. The number of rotatable bonds is 3. The van der Waals surface area contributed by atoms with E-state index in [1.807, 2.05) is 20.8 Å². The SMILES string of the molecule is CCOC(C)(C)C1(O)CCC2(C)C3CCC4C5(C)CCC(O)CC5CCC4(C)C3(C)CC(O)C21. The topological polar surface area (TPSA) is 69.9 Å². The van der Waals surface area contributed by atoms with Gasteiger partial charge in [-0.25, -0.2) is 0 Å². The molecule has 0 bridgehead atoms. The zero-order valence-electron chi connectivity index (χ0n) is 23.0. The van der Waals surface area contributed by atoms with Crippen molar-refractivity contribution >= 4 is 0 Å². The molecule has 4 nitrogen and oxygen atoms in total. The number of aliphatic hydroxyl groups is 3. The third kappa shape index (κ3) is 2.98. The minimum Gasteiger partial charge on any atom is -0.393 e. The Morgan fingerprint density at radius 1 is 0.824 bits per heavy atom. The molecule has 11 atom stereocenters. The summed E-state index contributed by atoms with van der Waals surface area (Å²) in [4.78, 5) is 0. The highest BCUT2D eigenvalue weighted by atomic mass is 16.5. The molecule has 0 aromatic carbocycles. The van der Waals surface area contributed by atoms with Crippen LogP contribution in [0.3, 0.4) is 0 Å². The van der Waals surface area contributed by atoms with Gasteiger partial charge in [-0.2, -0.15) is 0 Å². The largest absolute Gasteiger partial charge is 0.393 e.